The number of ether oxygens (including phenoxy) is 1. The van der Waals surface area contributed by atoms with Crippen molar-refractivity contribution in [3.63, 3.8) is 0 Å². The molecule has 0 radical (unpaired) electrons. The van der Waals surface area contributed by atoms with E-state index in [0.29, 0.717) is 5.75 Å². The van der Waals surface area contributed by atoms with Crippen molar-refractivity contribution in [3.05, 3.63) is 53.1 Å². The molecule has 0 fully saturated rings. The third-order valence-electron chi connectivity index (χ3n) is 4.53. The summed E-state index contributed by atoms with van der Waals surface area (Å²) in [4.78, 5) is 3.75. The smallest absolute Gasteiger partial charge is 0.135 e. The van der Waals surface area contributed by atoms with Crippen LogP contribution in [0.1, 0.15) is 16.7 Å². The second-order valence-corrected chi connectivity index (χ2v) is 7.59. The van der Waals surface area contributed by atoms with E-state index >= 15 is 0 Å². The number of methoxy groups -OCH3 is 1. The fraction of sp³-hybridized carbons (Fsp3) is 0.368. The summed E-state index contributed by atoms with van der Waals surface area (Å²) in [6.07, 6.45) is 1.95. The Labute approximate surface area is 145 Å². The number of benzene rings is 2. The first-order valence-electron chi connectivity index (χ1n) is 8.12. The normalized spacial score (nSPS) is 16.3. The molecule has 2 aromatic rings. The molecule has 0 aromatic heterocycles. The largest absolute Gasteiger partial charge is 0.495 e. The molecule has 1 aliphatic rings. The molecule has 1 N–H and O–H groups in total. The molecule has 0 saturated carbocycles. The zero-order chi connectivity index (χ0) is 17.1. The molecule has 0 aliphatic carbocycles. The Hall–Kier alpha value is -1.69. The Morgan fingerprint density at radius 1 is 1.12 bits per heavy atom. The van der Waals surface area contributed by atoms with E-state index in [1.54, 1.807) is 31.4 Å². The van der Waals surface area contributed by atoms with Crippen LogP contribution in [0, 0.1) is 0 Å². The number of likely N-dealkylation sites (N-methyl/N-ethyl adjacent to an activating group) is 1. The third-order valence-corrected chi connectivity index (χ3v) is 5.95. The molecule has 1 atom stereocenters. The van der Waals surface area contributed by atoms with Crippen LogP contribution < -0.4 is 4.74 Å². The predicted octanol–water partition coefficient (Wildman–Crippen LogP) is 2.38. The van der Waals surface area contributed by atoms with Crippen molar-refractivity contribution in [2.75, 3.05) is 27.2 Å². The van der Waals surface area contributed by atoms with Crippen molar-refractivity contribution in [2.45, 2.75) is 29.2 Å². The molecular weight excluding hydrogens is 322 g/mol. The van der Waals surface area contributed by atoms with Gasteiger partial charge in [-0.05, 0) is 60.8 Å². The van der Waals surface area contributed by atoms with Gasteiger partial charge in [-0.2, -0.15) is 0 Å². The molecule has 1 unspecified atom stereocenters. The summed E-state index contributed by atoms with van der Waals surface area (Å²) in [5, 5.41) is 9.15. The van der Waals surface area contributed by atoms with Crippen LogP contribution >= 0.6 is 0 Å². The Morgan fingerprint density at radius 2 is 1.75 bits per heavy atom. The minimum atomic E-state index is -1.30. The Kier molecular flexibility index (Phi) is 5.33. The average molecular weight is 345 g/mol. The molecule has 128 valence electrons. The van der Waals surface area contributed by atoms with Crippen LogP contribution in [0.4, 0.5) is 0 Å². The highest BCUT2D eigenvalue weighted by Gasteiger charge is 2.19. The standard InChI is InChI=1S/C19H23NO3S/c1-20-9-7-15-11-18(23-2)19(12-16(15)8-10-20)24(22)17-5-3-14(13-21)4-6-17/h3-6,11-12,21H,7-10,13H2,1-2H3. The van der Waals surface area contributed by atoms with Crippen molar-refractivity contribution >= 4 is 10.8 Å². The molecule has 1 heterocycles. The number of hydrogen-bond donors (Lipinski definition) is 1. The van der Waals surface area contributed by atoms with E-state index < -0.39 is 10.8 Å². The quantitative estimate of drug-likeness (QED) is 0.924. The predicted molar refractivity (Wildman–Crippen MR) is 94.9 cm³/mol. The van der Waals surface area contributed by atoms with E-state index in [1.807, 2.05) is 12.1 Å². The number of nitrogens with zero attached hydrogens (tertiary/aromatic N) is 1. The van der Waals surface area contributed by atoms with E-state index in [0.717, 1.165) is 41.3 Å². The van der Waals surface area contributed by atoms with Gasteiger partial charge in [0.1, 0.15) is 5.75 Å². The number of fused-ring (bicyclic) bond motifs is 1. The SMILES string of the molecule is COc1cc2c(cc1S(=O)c1ccc(CO)cc1)CCN(C)CC2. The lowest BCUT2D eigenvalue weighted by molar-refractivity contribution is 0.282. The maximum atomic E-state index is 13.0. The van der Waals surface area contributed by atoms with Crippen molar-refractivity contribution in [1.82, 2.24) is 4.90 Å². The highest BCUT2D eigenvalue weighted by Crippen LogP contribution is 2.31. The van der Waals surface area contributed by atoms with E-state index in [9.17, 15) is 4.21 Å². The summed E-state index contributed by atoms with van der Waals surface area (Å²) < 4.78 is 18.5. The molecule has 4 nitrogen and oxygen atoms in total. The van der Waals surface area contributed by atoms with E-state index in [2.05, 4.69) is 11.9 Å². The van der Waals surface area contributed by atoms with Gasteiger partial charge in [0.15, 0.2) is 0 Å². The molecule has 1 aliphatic heterocycles. The number of rotatable bonds is 4. The minimum Gasteiger partial charge on any atom is -0.495 e. The van der Waals surface area contributed by atoms with Gasteiger partial charge < -0.3 is 14.7 Å². The molecule has 0 saturated heterocycles. The lowest BCUT2D eigenvalue weighted by Crippen LogP contribution is -2.20. The van der Waals surface area contributed by atoms with Crippen molar-refractivity contribution < 1.29 is 14.1 Å². The summed E-state index contributed by atoms with van der Waals surface area (Å²) >= 11 is 0. The van der Waals surface area contributed by atoms with E-state index in [1.165, 1.54) is 11.1 Å². The lowest BCUT2D eigenvalue weighted by Gasteiger charge is -2.14. The zero-order valence-electron chi connectivity index (χ0n) is 14.1. The fourth-order valence-corrected chi connectivity index (χ4v) is 4.21. The highest BCUT2D eigenvalue weighted by molar-refractivity contribution is 7.85. The summed E-state index contributed by atoms with van der Waals surface area (Å²) in [6, 6.07) is 11.3. The van der Waals surface area contributed by atoms with Crippen molar-refractivity contribution in [2.24, 2.45) is 0 Å². The number of hydrogen-bond acceptors (Lipinski definition) is 4. The van der Waals surface area contributed by atoms with Gasteiger partial charge in [-0.15, -0.1) is 0 Å². The molecule has 24 heavy (non-hydrogen) atoms. The average Bonchev–Trinajstić information content (AvgIpc) is 2.81. The van der Waals surface area contributed by atoms with Crippen LogP contribution in [0.15, 0.2) is 46.2 Å². The van der Waals surface area contributed by atoms with Gasteiger partial charge in [-0.3, -0.25) is 0 Å². The van der Waals surface area contributed by atoms with Crippen LogP contribution in [-0.2, 0) is 30.2 Å². The Morgan fingerprint density at radius 3 is 2.33 bits per heavy atom. The molecular formula is C19H23NO3S. The summed E-state index contributed by atoms with van der Waals surface area (Å²) in [5.74, 6) is 0.683. The van der Waals surface area contributed by atoms with Crippen LogP contribution in [0.2, 0.25) is 0 Å². The number of aliphatic hydroxyl groups excluding tert-OH is 1. The van der Waals surface area contributed by atoms with Gasteiger partial charge in [0.05, 0.1) is 29.4 Å². The van der Waals surface area contributed by atoms with E-state index in [4.69, 9.17) is 9.84 Å². The fourth-order valence-electron chi connectivity index (χ4n) is 2.99. The van der Waals surface area contributed by atoms with Gasteiger partial charge in [-0.25, -0.2) is 4.21 Å². The minimum absolute atomic E-state index is 0.0113. The Bertz CT molecular complexity index is 743. The Balaban J connectivity index is 1.98. The second kappa shape index (κ2) is 7.47. The maximum absolute atomic E-state index is 13.0. The molecule has 5 heteroatoms. The van der Waals surface area contributed by atoms with Crippen LogP contribution in [0.3, 0.4) is 0 Å². The second-order valence-electron chi connectivity index (χ2n) is 6.15. The number of aliphatic hydroxyl groups is 1. The molecule has 0 bridgehead atoms. The summed E-state index contributed by atoms with van der Waals surface area (Å²) in [6.45, 7) is 2.03. The van der Waals surface area contributed by atoms with Crippen LogP contribution in [0.25, 0.3) is 0 Å². The molecule has 2 aromatic carbocycles. The van der Waals surface area contributed by atoms with Crippen LogP contribution in [-0.4, -0.2) is 41.5 Å². The maximum Gasteiger partial charge on any atom is 0.135 e. The highest BCUT2D eigenvalue weighted by atomic mass is 32.2. The van der Waals surface area contributed by atoms with Gasteiger partial charge in [0, 0.05) is 18.0 Å². The van der Waals surface area contributed by atoms with Gasteiger partial charge in [-0.1, -0.05) is 12.1 Å². The summed E-state index contributed by atoms with van der Waals surface area (Å²) in [7, 11) is 2.45. The molecule has 0 spiro atoms. The van der Waals surface area contributed by atoms with Gasteiger partial charge in [0.25, 0.3) is 0 Å². The first-order chi connectivity index (χ1) is 11.6. The van der Waals surface area contributed by atoms with Crippen LogP contribution in [0.5, 0.6) is 5.75 Å². The summed E-state index contributed by atoms with van der Waals surface area (Å²) in [5.41, 5.74) is 3.36. The van der Waals surface area contributed by atoms with E-state index in [-0.39, 0.29) is 6.61 Å². The lowest BCUT2D eigenvalue weighted by atomic mass is 10.0. The third kappa shape index (κ3) is 3.53. The van der Waals surface area contributed by atoms with Crippen molar-refractivity contribution in [3.8, 4) is 5.75 Å². The molecule has 0 amide bonds. The zero-order valence-corrected chi connectivity index (χ0v) is 14.9. The topological polar surface area (TPSA) is 49.8 Å². The molecule has 3 rings (SSSR count). The van der Waals surface area contributed by atoms with Gasteiger partial charge in [0.2, 0.25) is 0 Å². The van der Waals surface area contributed by atoms with Gasteiger partial charge >= 0.3 is 0 Å². The monoisotopic (exact) mass is 345 g/mol. The van der Waals surface area contributed by atoms with Crippen molar-refractivity contribution in [1.29, 1.82) is 0 Å². The first kappa shape index (κ1) is 17.1. The first-order valence-corrected chi connectivity index (χ1v) is 9.27.